The molecule has 4 nitrogen and oxygen atoms in total. The highest BCUT2D eigenvalue weighted by Gasteiger charge is 2.28. The number of carbonyl (C=O) groups is 1. The summed E-state index contributed by atoms with van der Waals surface area (Å²) in [7, 11) is 0. The van der Waals surface area contributed by atoms with E-state index in [4.69, 9.17) is 0 Å². The molecular weight excluding hydrogens is 329 g/mol. The third-order valence-electron chi connectivity index (χ3n) is 5.16. The molecule has 1 heterocycles. The number of hydrogen-bond donors (Lipinski definition) is 2. The number of hydrogen-bond acceptors (Lipinski definition) is 2. The Labute approximate surface area is 154 Å². The Morgan fingerprint density at radius 2 is 1.77 bits per heavy atom. The fourth-order valence-electron chi connectivity index (χ4n) is 3.44. The normalized spacial score (nSPS) is 16.3. The Bertz CT molecular complexity index is 697. The average Bonchev–Trinajstić information content (AvgIpc) is 2.69. The van der Waals surface area contributed by atoms with Gasteiger partial charge in [-0.2, -0.15) is 0 Å². The van der Waals surface area contributed by atoms with Crippen molar-refractivity contribution in [2.45, 2.75) is 19.4 Å². The summed E-state index contributed by atoms with van der Waals surface area (Å²) in [6.07, 6.45) is 0.718. The van der Waals surface area contributed by atoms with Crippen LogP contribution in [0.15, 0.2) is 54.6 Å². The summed E-state index contributed by atoms with van der Waals surface area (Å²) in [6.45, 7) is 6.43. The van der Waals surface area contributed by atoms with Gasteiger partial charge in [0.05, 0.1) is 26.2 Å². The van der Waals surface area contributed by atoms with Crippen molar-refractivity contribution in [1.82, 2.24) is 5.32 Å². The van der Waals surface area contributed by atoms with E-state index in [-0.39, 0.29) is 17.8 Å². The van der Waals surface area contributed by atoms with Crippen molar-refractivity contribution in [1.29, 1.82) is 0 Å². The topological polar surface area (TPSA) is 36.8 Å². The Hall–Kier alpha value is -2.40. The van der Waals surface area contributed by atoms with E-state index in [1.165, 1.54) is 22.7 Å². The maximum absolute atomic E-state index is 12.9. The molecule has 1 atom stereocenters. The number of para-hydroxylation sites is 1. The highest BCUT2D eigenvalue weighted by Crippen LogP contribution is 2.12. The van der Waals surface area contributed by atoms with Crippen LogP contribution < -0.4 is 15.1 Å². The largest absolute Gasteiger partial charge is 0.360 e. The Balaban J connectivity index is 1.42. The second-order valence-electron chi connectivity index (χ2n) is 6.87. The number of halogens is 1. The first-order valence-corrected chi connectivity index (χ1v) is 9.30. The number of nitrogens with one attached hydrogen (secondary N) is 2. The predicted molar refractivity (Wildman–Crippen MR) is 102 cm³/mol. The number of rotatable bonds is 6. The molecule has 3 rings (SSSR count). The monoisotopic (exact) mass is 356 g/mol. The molecule has 1 saturated heterocycles. The fraction of sp³-hybridized carbons (Fsp3) is 0.381. The van der Waals surface area contributed by atoms with Crippen molar-refractivity contribution in [2.24, 2.45) is 0 Å². The average molecular weight is 356 g/mol. The molecule has 2 aromatic rings. The molecule has 0 saturated carbocycles. The molecule has 0 aromatic heterocycles. The van der Waals surface area contributed by atoms with Crippen LogP contribution in [-0.2, 0) is 11.2 Å². The molecule has 1 aliphatic rings. The number of nitrogens with zero attached hydrogens (tertiary/aromatic N) is 1. The zero-order valence-electron chi connectivity index (χ0n) is 15.2. The van der Waals surface area contributed by atoms with Gasteiger partial charge in [0, 0.05) is 12.2 Å². The van der Waals surface area contributed by atoms with Crippen LogP contribution in [0.1, 0.15) is 12.5 Å². The summed E-state index contributed by atoms with van der Waals surface area (Å²) in [4.78, 5) is 16.1. The van der Waals surface area contributed by atoms with E-state index >= 15 is 0 Å². The first-order valence-electron chi connectivity index (χ1n) is 9.30. The van der Waals surface area contributed by atoms with Gasteiger partial charge in [0.1, 0.15) is 5.82 Å². The van der Waals surface area contributed by atoms with Gasteiger partial charge in [-0.1, -0.05) is 30.3 Å². The third kappa shape index (κ3) is 4.82. The molecule has 5 heteroatoms. The maximum atomic E-state index is 12.9. The fourth-order valence-corrected chi connectivity index (χ4v) is 3.44. The highest BCUT2D eigenvalue weighted by molar-refractivity contribution is 5.79. The Morgan fingerprint density at radius 1 is 1.12 bits per heavy atom. The van der Waals surface area contributed by atoms with Gasteiger partial charge in [-0.25, -0.2) is 4.39 Å². The van der Waals surface area contributed by atoms with Crippen LogP contribution >= 0.6 is 0 Å². The van der Waals surface area contributed by atoms with Crippen molar-refractivity contribution in [2.75, 3.05) is 37.6 Å². The number of carbonyl (C=O) groups excluding carboxylic acids is 1. The summed E-state index contributed by atoms with van der Waals surface area (Å²) in [6, 6.07) is 16.8. The molecular formula is C21H27FN3O+. The maximum Gasteiger partial charge on any atom is 0.278 e. The van der Waals surface area contributed by atoms with Crippen LogP contribution in [-0.4, -0.2) is 44.7 Å². The summed E-state index contributed by atoms with van der Waals surface area (Å²) in [5.41, 5.74) is 2.28. The summed E-state index contributed by atoms with van der Waals surface area (Å²) >= 11 is 0. The number of benzene rings is 2. The van der Waals surface area contributed by atoms with E-state index < -0.39 is 0 Å². The van der Waals surface area contributed by atoms with Crippen molar-refractivity contribution < 1.29 is 14.1 Å². The van der Waals surface area contributed by atoms with E-state index in [9.17, 15) is 9.18 Å². The van der Waals surface area contributed by atoms with E-state index in [0.717, 1.165) is 38.2 Å². The predicted octanol–water partition coefficient (Wildman–Crippen LogP) is 1.28. The number of amides is 1. The van der Waals surface area contributed by atoms with E-state index in [0.29, 0.717) is 6.54 Å². The van der Waals surface area contributed by atoms with Crippen LogP contribution in [0.4, 0.5) is 10.1 Å². The quantitative estimate of drug-likeness (QED) is 0.818. The molecule has 0 unspecified atom stereocenters. The second kappa shape index (κ2) is 8.81. The molecule has 26 heavy (non-hydrogen) atoms. The number of piperazine rings is 1. The zero-order valence-corrected chi connectivity index (χ0v) is 15.2. The van der Waals surface area contributed by atoms with Crippen molar-refractivity contribution in [3.8, 4) is 0 Å². The molecule has 1 amide bonds. The lowest BCUT2D eigenvalue weighted by atomic mass is 10.1. The minimum atomic E-state index is -0.232. The lowest BCUT2D eigenvalue weighted by Gasteiger charge is -2.36. The molecule has 0 radical (unpaired) electrons. The lowest BCUT2D eigenvalue weighted by Crippen LogP contribution is -3.19. The third-order valence-corrected chi connectivity index (χ3v) is 5.16. The smallest absolute Gasteiger partial charge is 0.278 e. The standard InChI is InChI=1S/C21H26FN3O/c1-17(21(26)23-12-11-18-7-9-19(22)10-8-18)24-13-15-25(16-14-24)20-5-3-2-4-6-20/h2-10,17H,11-16H2,1H3,(H,23,26)/p+1/t17-/m1/s1. The summed E-state index contributed by atoms with van der Waals surface area (Å²) in [5, 5.41) is 3.02. The van der Waals surface area contributed by atoms with Gasteiger partial charge < -0.3 is 15.1 Å². The Morgan fingerprint density at radius 3 is 2.42 bits per heavy atom. The second-order valence-corrected chi connectivity index (χ2v) is 6.87. The summed E-state index contributed by atoms with van der Waals surface area (Å²) < 4.78 is 12.9. The van der Waals surface area contributed by atoms with E-state index in [2.05, 4.69) is 34.5 Å². The molecule has 1 fully saturated rings. The van der Waals surface area contributed by atoms with Crippen LogP contribution in [0.3, 0.4) is 0 Å². The molecule has 0 spiro atoms. The van der Waals surface area contributed by atoms with Crippen molar-refractivity contribution in [3.63, 3.8) is 0 Å². The van der Waals surface area contributed by atoms with Gasteiger partial charge in [0.15, 0.2) is 6.04 Å². The first-order chi connectivity index (χ1) is 12.6. The van der Waals surface area contributed by atoms with Crippen molar-refractivity contribution in [3.05, 3.63) is 66.0 Å². The molecule has 138 valence electrons. The van der Waals surface area contributed by atoms with Crippen LogP contribution in [0, 0.1) is 5.82 Å². The molecule has 2 N–H and O–H groups in total. The molecule has 0 aliphatic carbocycles. The van der Waals surface area contributed by atoms with Crippen LogP contribution in [0.5, 0.6) is 0 Å². The number of anilines is 1. The SMILES string of the molecule is C[C@H](C(=O)NCCc1ccc(F)cc1)[NH+]1CCN(c2ccccc2)CC1. The van der Waals surface area contributed by atoms with Gasteiger partial charge in [-0.05, 0) is 43.2 Å². The first kappa shape index (κ1) is 18.4. The molecule has 2 aromatic carbocycles. The van der Waals surface area contributed by atoms with E-state index in [1.54, 1.807) is 12.1 Å². The van der Waals surface area contributed by atoms with Crippen molar-refractivity contribution >= 4 is 11.6 Å². The minimum absolute atomic E-state index is 0.0545. The van der Waals surface area contributed by atoms with E-state index in [1.807, 2.05) is 13.0 Å². The number of quaternary nitrogens is 1. The molecule has 0 bridgehead atoms. The molecule has 1 aliphatic heterocycles. The summed E-state index contributed by atoms with van der Waals surface area (Å²) in [5.74, 6) is -0.139. The minimum Gasteiger partial charge on any atom is -0.360 e. The lowest BCUT2D eigenvalue weighted by molar-refractivity contribution is -0.914. The van der Waals surface area contributed by atoms with Crippen LogP contribution in [0.2, 0.25) is 0 Å². The van der Waals surface area contributed by atoms with Gasteiger partial charge >= 0.3 is 0 Å². The Kier molecular flexibility index (Phi) is 6.23. The zero-order chi connectivity index (χ0) is 18.4. The highest BCUT2D eigenvalue weighted by atomic mass is 19.1. The van der Waals surface area contributed by atoms with Gasteiger partial charge in [0.2, 0.25) is 0 Å². The van der Waals surface area contributed by atoms with Gasteiger partial charge in [0.25, 0.3) is 5.91 Å². The van der Waals surface area contributed by atoms with Crippen LogP contribution in [0.25, 0.3) is 0 Å². The van der Waals surface area contributed by atoms with Gasteiger partial charge in [-0.15, -0.1) is 0 Å². The van der Waals surface area contributed by atoms with Gasteiger partial charge in [-0.3, -0.25) is 4.79 Å².